The number of amides is 2. The van der Waals surface area contributed by atoms with Crippen LogP contribution in [0, 0.1) is 0 Å². The van der Waals surface area contributed by atoms with E-state index in [4.69, 9.17) is 0 Å². The lowest BCUT2D eigenvalue weighted by atomic mass is 10.1. The van der Waals surface area contributed by atoms with E-state index in [9.17, 15) is 18.0 Å². The molecule has 1 aliphatic heterocycles. The van der Waals surface area contributed by atoms with E-state index in [0.717, 1.165) is 22.9 Å². The van der Waals surface area contributed by atoms with Gasteiger partial charge in [0.25, 0.3) is 11.8 Å². The van der Waals surface area contributed by atoms with Crippen molar-refractivity contribution in [1.29, 1.82) is 0 Å². The predicted octanol–water partition coefficient (Wildman–Crippen LogP) is 2.06. The molecule has 3 heterocycles. The van der Waals surface area contributed by atoms with Crippen LogP contribution in [0.2, 0.25) is 0 Å². The highest BCUT2D eigenvalue weighted by Gasteiger charge is 2.33. The Hall–Kier alpha value is -3.25. The number of aryl methyl sites for hydroxylation is 2. The van der Waals surface area contributed by atoms with Crippen LogP contribution < -0.4 is 5.32 Å². The van der Waals surface area contributed by atoms with Crippen molar-refractivity contribution in [1.82, 2.24) is 24.6 Å². The van der Waals surface area contributed by atoms with Gasteiger partial charge in [0.1, 0.15) is 12.0 Å². The van der Waals surface area contributed by atoms with Gasteiger partial charge in [0.05, 0.1) is 5.25 Å². The van der Waals surface area contributed by atoms with Gasteiger partial charge in [-0.15, -0.1) is 10.2 Å². The highest BCUT2D eigenvalue weighted by Crippen LogP contribution is 2.20. The van der Waals surface area contributed by atoms with Gasteiger partial charge in [-0.3, -0.25) is 14.6 Å². The number of hydrogen-bond donors (Lipinski definition) is 1. The fourth-order valence-electron chi connectivity index (χ4n) is 3.80. The number of anilines is 1. The highest BCUT2D eigenvalue weighted by molar-refractivity contribution is 7.99. The standard InChI is InChI=1S/C23H26N6O4S2/c1-28-15-25-27-23(28)34-11-8-16-4-3-5-18(12-16)26-21(30)20-13-17(6-9-24-20)22(31)29-10-7-19(14-29)35(2,32)33/h3-6,9,12-13,15,19H,7-8,10-11,14H2,1-2H3,(H,26,30)/t19-/m0/s1. The number of hydrogen-bond acceptors (Lipinski definition) is 8. The Bertz CT molecular complexity index is 1340. The van der Waals surface area contributed by atoms with Gasteiger partial charge in [-0.2, -0.15) is 0 Å². The fourth-order valence-corrected chi connectivity index (χ4v) is 5.66. The molecule has 0 unspecified atom stereocenters. The molecule has 0 radical (unpaired) electrons. The number of aromatic nitrogens is 4. The molecule has 0 saturated carbocycles. The number of thioether (sulfide) groups is 1. The summed E-state index contributed by atoms with van der Waals surface area (Å²) in [6.45, 7) is 0.519. The summed E-state index contributed by atoms with van der Waals surface area (Å²) in [6.07, 6.45) is 5.45. The first-order chi connectivity index (χ1) is 16.7. The van der Waals surface area contributed by atoms with E-state index in [-0.39, 0.29) is 18.1 Å². The second kappa shape index (κ2) is 10.6. The second-order valence-corrected chi connectivity index (χ2v) is 11.8. The summed E-state index contributed by atoms with van der Waals surface area (Å²) in [4.78, 5) is 31.3. The number of rotatable bonds is 8. The topological polar surface area (TPSA) is 127 Å². The monoisotopic (exact) mass is 514 g/mol. The maximum atomic E-state index is 12.9. The van der Waals surface area contributed by atoms with E-state index < -0.39 is 21.0 Å². The van der Waals surface area contributed by atoms with Crippen LogP contribution in [0.5, 0.6) is 0 Å². The SMILES string of the molecule is Cn1cnnc1SCCc1cccc(NC(=O)c2cc(C(=O)N3CC[C@H](S(C)(=O)=O)C3)ccn2)c1. The van der Waals surface area contributed by atoms with Crippen molar-refractivity contribution in [2.24, 2.45) is 7.05 Å². The summed E-state index contributed by atoms with van der Waals surface area (Å²) in [6, 6.07) is 10.5. The normalized spacial score (nSPS) is 15.8. The van der Waals surface area contributed by atoms with Crippen molar-refractivity contribution in [3.63, 3.8) is 0 Å². The van der Waals surface area contributed by atoms with Crippen LogP contribution in [0.25, 0.3) is 0 Å². The maximum absolute atomic E-state index is 12.9. The zero-order valence-electron chi connectivity index (χ0n) is 19.4. The van der Waals surface area contributed by atoms with Crippen LogP contribution in [0.4, 0.5) is 5.69 Å². The van der Waals surface area contributed by atoms with E-state index in [1.807, 2.05) is 29.8 Å². The minimum atomic E-state index is -3.21. The van der Waals surface area contributed by atoms with Crippen molar-refractivity contribution in [3.8, 4) is 0 Å². The molecule has 1 aromatic carbocycles. The van der Waals surface area contributed by atoms with Gasteiger partial charge < -0.3 is 14.8 Å². The van der Waals surface area contributed by atoms with Crippen molar-refractivity contribution >= 4 is 39.1 Å². The van der Waals surface area contributed by atoms with Gasteiger partial charge in [0.2, 0.25) is 0 Å². The molecule has 4 rings (SSSR count). The lowest BCUT2D eigenvalue weighted by Gasteiger charge is -2.16. The molecule has 184 valence electrons. The molecule has 10 nitrogen and oxygen atoms in total. The lowest BCUT2D eigenvalue weighted by Crippen LogP contribution is -2.31. The van der Waals surface area contributed by atoms with E-state index in [1.54, 1.807) is 24.2 Å². The number of carbonyl (C=O) groups excluding carboxylic acids is 2. The van der Waals surface area contributed by atoms with E-state index in [1.165, 1.54) is 29.5 Å². The van der Waals surface area contributed by atoms with Crippen LogP contribution in [0.1, 0.15) is 32.8 Å². The molecule has 12 heteroatoms. The Morgan fingerprint density at radius 1 is 1.23 bits per heavy atom. The molecular formula is C23H26N6O4S2. The molecule has 35 heavy (non-hydrogen) atoms. The summed E-state index contributed by atoms with van der Waals surface area (Å²) in [5.74, 6) is 0.0718. The van der Waals surface area contributed by atoms with Gasteiger partial charge in [-0.05, 0) is 42.7 Å². The lowest BCUT2D eigenvalue weighted by molar-refractivity contribution is 0.0793. The second-order valence-electron chi connectivity index (χ2n) is 8.40. The molecular weight excluding hydrogens is 488 g/mol. The quantitative estimate of drug-likeness (QED) is 0.453. The fraction of sp³-hybridized carbons (Fsp3) is 0.348. The third kappa shape index (κ3) is 6.25. The van der Waals surface area contributed by atoms with Gasteiger partial charge in [-0.1, -0.05) is 23.9 Å². The summed E-state index contributed by atoms with van der Waals surface area (Å²) in [5, 5.41) is 11.0. The number of sulfone groups is 1. The van der Waals surface area contributed by atoms with Gasteiger partial charge in [0, 0.05) is 49.6 Å². The molecule has 0 aliphatic carbocycles. The molecule has 0 spiro atoms. The first kappa shape index (κ1) is 24.9. The average Bonchev–Trinajstić information content (AvgIpc) is 3.49. The van der Waals surface area contributed by atoms with Crippen molar-refractivity contribution < 1.29 is 18.0 Å². The Kier molecular flexibility index (Phi) is 7.51. The Balaban J connectivity index is 1.37. The first-order valence-electron chi connectivity index (χ1n) is 11.0. The molecule has 1 aliphatic rings. The van der Waals surface area contributed by atoms with Crippen LogP contribution in [0.15, 0.2) is 54.1 Å². The van der Waals surface area contributed by atoms with Crippen LogP contribution in [-0.2, 0) is 23.3 Å². The highest BCUT2D eigenvalue weighted by atomic mass is 32.2. The van der Waals surface area contributed by atoms with Crippen molar-refractivity contribution in [2.75, 3.05) is 30.4 Å². The van der Waals surface area contributed by atoms with Gasteiger partial charge >= 0.3 is 0 Å². The molecule has 1 saturated heterocycles. The number of nitrogens with one attached hydrogen (secondary N) is 1. The molecule has 1 atom stereocenters. The largest absolute Gasteiger partial charge is 0.337 e. The first-order valence-corrected chi connectivity index (χ1v) is 14.0. The molecule has 2 aromatic heterocycles. The Labute approximate surface area is 208 Å². The summed E-state index contributed by atoms with van der Waals surface area (Å²) in [7, 11) is -1.31. The average molecular weight is 515 g/mol. The number of pyridine rings is 1. The van der Waals surface area contributed by atoms with Crippen molar-refractivity contribution in [2.45, 2.75) is 23.2 Å². The van der Waals surface area contributed by atoms with Gasteiger partial charge in [-0.25, -0.2) is 8.42 Å². The number of benzene rings is 1. The number of nitrogens with zero attached hydrogens (tertiary/aromatic N) is 5. The van der Waals surface area contributed by atoms with Crippen LogP contribution >= 0.6 is 11.8 Å². The van der Waals surface area contributed by atoms with Crippen LogP contribution in [-0.4, -0.2) is 75.2 Å². The minimum Gasteiger partial charge on any atom is -0.337 e. The zero-order valence-corrected chi connectivity index (χ0v) is 21.1. The summed E-state index contributed by atoms with van der Waals surface area (Å²) in [5.41, 5.74) is 2.10. The molecule has 0 bridgehead atoms. The Morgan fingerprint density at radius 2 is 2.06 bits per heavy atom. The summed E-state index contributed by atoms with van der Waals surface area (Å²) < 4.78 is 25.5. The molecule has 1 fully saturated rings. The zero-order chi connectivity index (χ0) is 25.0. The van der Waals surface area contributed by atoms with E-state index in [2.05, 4.69) is 20.5 Å². The Morgan fingerprint density at radius 3 is 2.77 bits per heavy atom. The minimum absolute atomic E-state index is 0.109. The third-order valence-electron chi connectivity index (χ3n) is 5.75. The smallest absolute Gasteiger partial charge is 0.274 e. The maximum Gasteiger partial charge on any atom is 0.274 e. The molecule has 3 aromatic rings. The van der Waals surface area contributed by atoms with Gasteiger partial charge in [0.15, 0.2) is 15.0 Å². The molecule has 2 amide bonds. The molecule has 1 N–H and O–H groups in total. The summed E-state index contributed by atoms with van der Waals surface area (Å²) >= 11 is 1.60. The third-order valence-corrected chi connectivity index (χ3v) is 8.39. The van der Waals surface area contributed by atoms with Crippen molar-refractivity contribution in [3.05, 3.63) is 65.7 Å². The number of likely N-dealkylation sites (tertiary alicyclic amines) is 1. The number of carbonyl (C=O) groups is 2. The van der Waals surface area contributed by atoms with Crippen LogP contribution in [0.3, 0.4) is 0 Å². The van der Waals surface area contributed by atoms with E-state index >= 15 is 0 Å². The van der Waals surface area contributed by atoms with E-state index in [0.29, 0.717) is 24.2 Å². The predicted molar refractivity (Wildman–Crippen MR) is 133 cm³/mol.